The zero-order valence-electron chi connectivity index (χ0n) is 10.5. The largest absolute Gasteiger partial charge is 0.396 e. The number of hydrogen-bond acceptors (Lipinski definition) is 4. The van der Waals surface area contributed by atoms with Gasteiger partial charge in [-0.15, -0.1) is 0 Å². The van der Waals surface area contributed by atoms with Crippen LogP contribution in [0.25, 0.3) is 0 Å². The number of ether oxygens (including phenoxy) is 1. The van der Waals surface area contributed by atoms with Crippen LogP contribution in [-0.2, 0) is 14.8 Å². The summed E-state index contributed by atoms with van der Waals surface area (Å²) in [6.07, 6.45) is 0. The van der Waals surface area contributed by atoms with E-state index in [1.54, 1.807) is 13.8 Å². The van der Waals surface area contributed by atoms with Crippen LogP contribution in [0.15, 0.2) is 23.1 Å². The van der Waals surface area contributed by atoms with Crippen LogP contribution in [-0.4, -0.2) is 27.7 Å². The van der Waals surface area contributed by atoms with Gasteiger partial charge in [-0.2, -0.15) is 0 Å². The van der Waals surface area contributed by atoms with Crippen LogP contribution in [0.4, 0.5) is 10.1 Å². The SMILES string of the molecule is COCC(C)(C)NS(=O)(=O)c1ccc(F)c(N)c1. The van der Waals surface area contributed by atoms with Crippen LogP contribution < -0.4 is 10.5 Å². The first-order valence-corrected chi connectivity index (χ1v) is 6.74. The molecule has 102 valence electrons. The molecule has 0 fully saturated rings. The minimum atomic E-state index is -3.76. The lowest BCUT2D eigenvalue weighted by molar-refractivity contribution is 0.141. The van der Waals surface area contributed by atoms with E-state index in [4.69, 9.17) is 10.5 Å². The number of methoxy groups -OCH3 is 1. The van der Waals surface area contributed by atoms with Crippen molar-refractivity contribution >= 4 is 15.7 Å². The monoisotopic (exact) mass is 276 g/mol. The lowest BCUT2D eigenvalue weighted by atomic mass is 10.1. The topological polar surface area (TPSA) is 81.4 Å². The van der Waals surface area contributed by atoms with Gasteiger partial charge in [0.05, 0.1) is 22.7 Å². The number of nitrogen functional groups attached to an aromatic ring is 1. The van der Waals surface area contributed by atoms with Gasteiger partial charge >= 0.3 is 0 Å². The molecule has 0 aliphatic rings. The van der Waals surface area contributed by atoms with Crippen LogP contribution in [0.2, 0.25) is 0 Å². The number of rotatable bonds is 5. The summed E-state index contributed by atoms with van der Waals surface area (Å²) in [5.41, 5.74) is 4.37. The van der Waals surface area contributed by atoms with Gasteiger partial charge in [0, 0.05) is 7.11 Å². The number of nitrogens with two attached hydrogens (primary N) is 1. The summed E-state index contributed by atoms with van der Waals surface area (Å²) in [6.45, 7) is 3.57. The first-order chi connectivity index (χ1) is 8.18. The van der Waals surface area contributed by atoms with E-state index in [2.05, 4.69) is 4.72 Å². The first-order valence-electron chi connectivity index (χ1n) is 5.26. The number of benzene rings is 1. The maximum absolute atomic E-state index is 13.0. The molecule has 0 saturated carbocycles. The highest BCUT2D eigenvalue weighted by molar-refractivity contribution is 7.89. The van der Waals surface area contributed by atoms with Gasteiger partial charge in [0.1, 0.15) is 5.82 Å². The summed E-state index contributed by atoms with van der Waals surface area (Å²) in [7, 11) is -2.28. The van der Waals surface area contributed by atoms with E-state index >= 15 is 0 Å². The molecule has 0 aromatic heterocycles. The molecule has 5 nitrogen and oxygen atoms in total. The van der Waals surface area contributed by atoms with Crippen molar-refractivity contribution in [1.82, 2.24) is 4.72 Å². The van der Waals surface area contributed by atoms with Crippen molar-refractivity contribution in [1.29, 1.82) is 0 Å². The summed E-state index contributed by atoms with van der Waals surface area (Å²) in [5, 5.41) is 0. The zero-order valence-corrected chi connectivity index (χ0v) is 11.3. The van der Waals surface area contributed by atoms with Gasteiger partial charge in [0.2, 0.25) is 10.0 Å². The Labute approximate surface area is 106 Å². The molecule has 0 unspecified atom stereocenters. The van der Waals surface area contributed by atoms with E-state index in [0.29, 0.717) is 0 Å². The highest BCUT2D eigenvalue weighted by atomic mass is 32.2. The Morgan fingerprint density at radius 1 is 1.44 bits per heavy atom. The fourth-order valence-corrected chi connectivity index (χ4v) is 2.94. The lowest BCUT2D eigenvalue weighted by Crippen LogP contribution is -2.46. The van der Waals surface area contributed by atoms with Crippen molar-refractivity contribution in [2.75, 3.05) is 19.5 Å². The molecule has 7 heteroatoms. The first kappa shape index (κ1) is 14.9. The Balaban J connectivity index is 3.03. The van der Waals surface area contributed by atoms with Crippen LogP contribution >= 0.6 is 0 Å². The normalized spacial score (nSPS) is 12.7. The van der Waals surface area contributed by atoms with E-state index in [9.17, 15) is 12.8 Å². The van der Waals surface area contributed by atoms with E-state index in [1.165, 1.54) is 7.11 Å². The predicted molar refractivity (Wildman–Crippen MR) is 67.1 cm³/mol. The van der Waals surface area contributed by atoms with Crippen molar-refractivity contribution < 1.29 is 17.5 Å². The minimum Gasteiger partial charge on any atom is -0.396 e. The van der Waals surface area contributed by atoms with Crippen LogP contribution in [0.3, 0.4) is 0 Å². The second kappa shape index (κ2) is 5.21. The molecule has 0 saturated heterocycles. The van der Waals surface area contributed by atoms with Gasteiger partial charge < -0.3 is 10.5 Å². The number of nitrogens with one attached hydrogen (secondary N) is 1. The predicted octanol–water partition coefficient (Wildman–Crippen LogP) is 1.11. The molecule has 0 aliphatic carbocycles. The third-order valence-corrected chi connectivity index (χ3v) is 3.89. The van der Waals surface area contributed by atoms with E-state index in [1.807, 2.05) is 0 Å². The highest BCUT2D eigenvalue weighted by Gasteiger charge is 2.26. The summed E-state index contributed by atoms with van der Waals surface area (Å²) in [4.78, 5) is -0.0782. The van der Waals surface area contributed by atoms with Gasteiger partial charge in [-0.25, -0.2) is 17.5 Å². The smallest absolute Gasteiger partial charge is 0.241 e. The second-order valence-electron chi connectivity index (χ2n) is 4.61. The number of sulfonamides is 1. The molecule has 0 bridgehead atoms. The Bertz CT molecular complexity index is 529. The Kier molecular flexibility index (Phi) is 4.31. The van der Waals surface area contributed by atoms with Crippen LogP contribution in [0.5, 0.6) is 0 Å². The third-order valence-electron chi connectivity index (χ3n) is 2.19. The molecule has 1 aromatic carbocycles. The number of hydrogen-bond donors (Lipinski definition) is 2. The summed E-state index contributed by atoms with van der Waals surface area (Å²) in [6, 6.07) is 3.27. The highest BCUT2D eigenvalue weighted by Crippen LogP contribution is 2.18. The molecule has 0 radical (unpaired) electrons. The van der Waals surface area contributed by atoms with Crippen molar-refractivity contribution in [2.24, 2.45) is 0 Å². The molecule has 0 atom stereocenters. The van der Waals surface area contributed by atoms with E-state index in [0.717, 1.165) is 18.2 Å². The average molecular weight is 276 g/mol. The fourth-order valence-electron chi connectivity index (χ4n) is 1.50. The summed E-state index contributed by atoms with van der Waals surface area (Å²) >= 11 is 0. The molecule has 0 amide bonds. The average Bonchev–Trinajstić information content (AvgIpc) is 2.20. The van der Waals surface area contributed by atoms with Gasteiger partial charge in [-0.1, -0.05) is 0 Å². The standard InChI is InChI=1S/C11H17FN2O3S/c1-11(2,7-17-3)14-18(15,16)8-4-5-9(12)10(13)6-8/h4-6,14H,7,13H2,1-3H3. The lowest BCUT2D eigenvalue weighted by Gasteiger charge is -2.24. The molecule has 0 heterocycles. The number of anilines is 1. The van der Waals surface area contributed by atoms with Crippen molar-refractivity contribution in [3.05, 3.63) is 24.0 Å². The molecule has 18 heavy (non-hydrogen) atoms. The van der Waals surface area contributed by atoms with E-state index < -0.39 is 21.4 Å². The molecular formula is C11H17FN2O3S. The quantitative estimate of drug-likeness (QED) is 0.789. The fraction of sp³-hybridized carbons (Fsp3) is 0.455. The van der Waals surface area contributed by atoms with Gasteiger partial charge in [0.25, 0.3) is 0 Å². The Morgan fingerprint density at radius 2 is 2.06 bits per heavy atom. The second-order valence-corrected chi connectivity index (χ2v) is 6.29. The maximum Gasteiger partial charge on any atom is 0.241 e. The van der Waals surface area contributed by atoms with Crippen molar-refractivity contribution in [2.45, 2.75) is 24.3 Å². The Hall–Kier alpha value is -1.18. The molecule has 3 N–H and O–H groups in total. The molecule has 1 rings (SSSR count). The zero-order chi connectivity index (χ0) is 14.0. The maximum atomic E-state index is 13.0. The summed E-state index contributed by atoms with van der Waals surface area (Å²) in [5.74, 6) is -0.648. The van der Waals surface area contributed by atoms with Crippen LogP contribution in [0, 0.1) is 5.82 Å². The number of halogens is 1. The molecule has 0 spiro atoms. The van der Waals surface area contributed by atoms with E-state index in [-0.39, 0.29) is 17.2 Å². The van der Waals surface area contributed by atoms with Gasteiger partial charge in [0.15, 0.2) is 0 Å². The molecular weight excluding hydrogens is 259 g/mol. The van der Waals surface area contributed by atoms with Gasteiger partial charge in [-0.05, 0) is 32.0 Å². The third kappa shape index (κ3) is 3.66. The minimum absolute atomic E-state index is 0.0782. The van der Waals surface area contributed by atoms with Crippen molar-refractivity contribution in [3.63, 3.8) is 0 Å². The van der Waals surface area contributed by atoms with Crippen molar-refractivity contribution in [3.8, 4) is 0 Å². The van der Waals surface area contributed by atoms with Crippen LogP contribution in [0.1, 0.15) is 13.8 Å². The summed E-state index contributed by atoms with van der Waals surface area (Å²) < 4.78 is 44.5. The Morgan fingerprint density at radius 3 is 2.56 bits per heavy atom. The molecule has 1 aromatic rings. The van der Waals surface area contributed by atoms with Gasteiger partial charge in [-0.3, -0.25) is 0 Å². The molecule has 0 aliphatic heterocycles.